The van der Waals surface area contributed by atoms with Crippen LogP contribution in [0.2, 0.25) is 0 Å². The molecule has 1 atom stereocenters. The van der Waals surface area contributed by atoms with Crippen molar-refractivity contribution in [3.8, 4) is 5.75 Å². The Kier molecular flexibility index (Phi) is 6.77. The number of amides is 1. The van der Waals surface area contributed by atoms with E-state index in [1.807, 2.05) is 0 Å². The summed E-state index contributed by atoms with van der Waals surface area (Å²) in [6, 6.07) is 4.48. The summed E-state index contributed by atoms with van der Waals surface area (Å²) in [6.07, 6.45) is 0.100. The maximum absolute atomic E-state index is 11.7. The molecule has 1 unspecified atom stereocenters. The van der Waals surface area contributed by atoms with E-state index < -0.39 is 29.4 Å². The van der Waals surface area contributed by atoms with E-state index in [4.69, 9.17) is 14.6 Å². The average molecular weight is 312 g/mol. The second-order valence-electron chi connectivity index (χ2n) is 4.25. The van der Waals surface area contributed by atoms with Gasteiger partial charge >= 0.3 is 11.7 Å². The number of carbonyl (C=O) groups is 2. The van der Waals surface area contributed by atoms with Gasteiger partial charge in [-0.05, 0) is 6.07 Å². The second-order valence-corrected chi connectivity index (χ2v) is 4.25. The van der Waals surface area contributed by atoms with E-state index in [9.17, 15) is 19.7 Å². The number of carboxylic acids is 1. The second kappa shape index (κ2) is 8.57. The molecule has 120 valence electrons. The lowest BCUT2D eigenvalue weighted by Gasteiger charge is -2.14. The van der Waals surface area contributed by atoms with Crippen LogP contribution in [-0.2, 0) is 14.3 Å². The number of nitro groups is 1. The molecule has 0 radical (unpaired) electrons. The smallest absolute Gasteiger partial charge is 0.326 e. The zero-order valence-electron chi connectivity index (χ0n) is 11.9. The minimum absolute atomic E-state index is 0.0635. The number of nitrogens with zero attached hydrogens (tertiary/aromatic N) is 1. The van der Waals surface area contributed by atoms with Gasteiger partial charge in [0.25, 0.3) is 5.91 Å². The van der Waals surface area contributed by atoms with Gasteiger partial charge in [0.1, 0.15) is 6.04 Å². The summed E-state index contributed by atoms with van der Waals surface area (Å²) in [5.41, 5.74) is -0.274. The van der Waals surface area contributed by atoms with Crippen LogP contribution < -0.4 is 10.1 Å². The molecule has 0 aliphatic carbocycles. The Morgan fingerprint density at radius 2 is 2.09 bits per heavy atom. The molecule has 1 aromatic carbocycles. The number of hydrogen-bond donors (Lipinski definition) is 2. The third-order valence-corrected chi connectivity index (χ3v) is 2.66. The summed E-state index contributed by atoms with van der Waals surface area (Å²) >= 11 is 0. The van der Waals surface area contributed by atoms with E-state index in [0.717, 1.165) is 0 Å². The lowest BCUT2D eigenvalue weighted by atomic mass is 10.2. The number of rotatable bonds is 9. The number of nitrogens with one attached hydrogen (secondary N) is 1. The van der Waals surface area contributed by atoms with Crippen molar-refractivity contribution in [3.05, 3.63) is 34.4 Å². The largest absolute Gasteiger partial charge is 0.480 e. The van der Waals surface area contributed by atoms with Gasteiger partial charge in [-0.3, -0.25) is 14.9 Å². The fourth-order valence-corrected chi connectivity index (χ4v) is 1.60. The Morgan fingerprint density at radius 3 is 2.68 bits per heavy atom. The van der Waals surface area contributed by atoms with Crippen LogP contribution in [-0.4, -0.2) is 48.3 Å². The van der Waals surface area contributed by atoms with Crippen molar-refractivity contribution < 1.29 is 29.1 Å². The summed E-state index contributed by atoms with van der Waals surface area (Å²) in [6.45, 7) is -0.357. The van der Waals surface area contributed by atoms with Crippen molar-refractivity contribution in [3.63, 3.8) is 0 Å². The molecule has 1 rings (SSSR count). The molecule has 2 N–H and O–H groups in total. The van der Waals surface area contributed by atoms with Gasteiger partial charge < -0.3 is 19.9 Å². The summed E-state index contributed by atoms with van der Waals surface area (Å²) in [7, 11) is 1.42. The summed E-state index contributed by atoms with van der Waals surface area (Å²) < 4.78 is 9.82. The van der Waals surface area contributed by atoms with Gasteiger partial charge in [0.15, 0.2) is 12.4 Å². The van der Waals surface area contributed by atoms with Gasteiger partial charge in [-0.25, -0.2) is 4.79 Å². The zero-order chi connectivity index (χ0) is 16.5. The fraction of sp³-hybridized carbons (Fsp3) is 0.385. The van der Waals surface area contributed by atoms with E-state index in [-0.39, 0.29) is 24.5 Å². The lowest BCUT2D eigenvalue weighted by Crippen LogP contribution is -2.43. The van der Waals surface area contributed by atoms with E-state index in [1.54, 1.807) is 0 Å². The molecule has 22 heavy (non-hydrogen) atoms. The van der Waals surface area contributed by atoms with Crippen LogP contribution in [0.15, 0.2) is 24.3 Å². The third-order valence-electron chi connectivity index (χ3n) is 2.66. The highest BCUT2D eigenvalue weighted by Crippen LogP contribution is 2.25. The van der Waals surface area contributed by atoms with Gasteiger partial charge in [0.05, 0.1) is 4.92 Å². The predicted octanol–water partition coefficient (Wildman–Crippen LogP) is 0.579. The van der Waals surface area contributed by atoms with Crippen molar-refractivity contribution in [1.29, 1.82) is 0 Å². The summed E-state index contributed by atoms with van der Waals surface area (Å²) in [5, 5.41) is 22.0. The number of carboxylic acid groups (broad SMARTS) is 1. The zero-order valence-corrected chi connectivity index (χ0v) is 11.9. The molecule has 0 saturated heterocycles. The maximum Gasteiger partial charge on any atom is 0.326 e. The maximum atomic E-state index is 11.7. The average Bonchev–Trinajstić information content (AvgIpc) is 2.49. The molecule has 0 aliphatic heterocycles. The van der Waals surface area contributed by atoms with Crippen LogP contribution in [0.1, 0.15) is 6.42 Å². The van der Waals surface area contributed by atoms with Gasteiger partial charge in [-0.1, -0.05) is 12.1 Å². The number of hydrogen-bond acceptors (Lipinski definition) is 6. The van der Waals surface area contributed by atoms with Gasteiger partial charge in [0, 0.05) is 26.2 Å². The molecule has 9 nitrogen and oxygen atoms in total. The summed E-state index contributed by atoms with van der Waals surface area (Å²) in [4.78, 5) is 32.8. The molecule has 0 aromatic heterocycles. The van der Waals surface area contributed by atoms with E-state index >= 15 is 0 Å². The molecule has 9 heteroatoms. The Balaban J connectivity index is 2.59. The van der Waals surface area contributed by atoms with Crippen molar-refractivity contribution in [2.45, 2.75) is 12.5 Å². The van der Waals surface area contributed by atoms with Crippen LogP contribution in [0.4, 0.5) is 5.69 Å². The minimum atomic E-state index is -1.20. The first-order valence-electron chi connectivity index (χ1n) is 6.33. The molecule has 1 aromatic rings. The van der Waals surface area contributed by atoms with Crippen molar-refractivity contribution >= 4 is 17.6 Å². The molecule has 0 fully saturated rings. The third kappa shape index (κ3) is 5.37. The van der Waals surface area contributed by atoms with Crippen molar-refractivity contribution in [1.82, 2.24) is 5.32 Å². The van der Waals surface area contributed by atoms with Gasteiger partial charge in [-0.2, -0.15) is 0 Å². The minimum Gasteiger partial charge on any atom is -0.480 e. The van der Waals surface area contributed by atoms with Crippen molar-refractivity contribution in [2.24, 2.45) is 0 Å². The standard InChI is InChI=1S/C13H16N2O7/c1-21-7-6-9(13(17)18)14-12(16)8-22-11-5-3-2-4-10(11)15(19)20/h2-5,9H,6-8H2,1H3,(H,14,16)(H,17,18). The monoisotopic (exact) mass is 312 g/mol. The number of para-hydroxylation sites is 2. The highest BCUT2D eigenvalue weighted by Gasteiger charge is 2.21. The highest BCUT2D eigenvalue weighted by molar-refractivity contribution is 5.84. The van der Waals surface area contributed by atoms with Crippen LogP contribution >= 0.6 is 0 Å². The number of nitro benzene ring substituents is 1. The van der Waals surface area contributed by atoms with E-state index in [2.05, 4.69) is 5.32 Å². The van der Waals surface area contributed by atoms with Gasteiger partial charge in [-0.15, -0.1) is 0 Å². The number of methoxy groups -OCH3 is 1. The molecule has 1 amide bonds. The SMILES string of the molecule is COCCC(NC(=O)COc1ccccc1[N+](=O)[O-])C(=O)O. The number of aliphatic carboxylic acids is 1. The number of benzene rings is 1. The highest BCUT2D eigenvalue weighted by atomic mass is 16.6. The fourth-order valence-electron chi connectivity index (χ4n) is 1.60. The molecule has 0 spiro atoms. The number of carbonyl (C=O) groups excluding carboxylic acids is 1. The Morgan fingerprint density at radius 1 is 1.41 bits per heavy atom. The predicted molar refractivity (Wildman–Crippen MR) is 74.7 cm³/mol. The van der Waals surface area contributed by atoms with E-state index in [1.165, 1.54) is 31.4 Å². The molecular formula is C13H16N2O7. The number of ether oxygens (including phenoxy) is 2. The topological polar surface area (TPSA) is 128 Å². The molecule has 0 aliphatic rings. The van der Waals surface area contributed by atoms with Crippen LogP contribution in [0, 0.1) is 10.1 Å². The first kappa shape index (κ1) is 17.4. The Hall–Kier alpha value is -2.68. The Labute approximate surface area is 126 Å². The van der Waals surface area contributed by atoms with Crippen LogP contribution in [0.25, 0.3) is 0 Å². The van der Waals surface area contributed by atoms with E-state index in [0.29, 0.717) is 0 Å². The summed E-state index contributed by atoms with van der Waals surface area (Å²) in [5.74, 6) is -1.95. The lowest BCUT2D eigenvalue weighted by molar-refractivity contribution is -0.385. The first-order valence-corrected chi connectivity index (χ1v) is 6.33. The van der Waals surface area contributed by atoms with Crippen LogP contribution in [0.3, 0.4) is 0 Å². The molecule has 0 heterocycles. The molecule has 0 saturated carbocycles. The Bertz CT molecular complexity index is 547. The quantitative estimate of drug-likeness (QED) is 0.504. The van der Waals surface area contributed by atoms with Crippen molar-refractivity contribution in [2.75, 3.05) is 20.3 Å². The normalized spacial score (nSPS) is 11.5. The molecule has 0 bridgehead atoms. The van der Waals surface area contributed by atoms with Crippen LogP contribution in [0.5, 0.6) is 5.75 Å². The first-order chi connectivity index (χ1) is 10.5. The van der Waals surface area contributed by atoms with Gasteiger partial charge in [0.2, 0.25) is 0 Å². The molecular weight excluding hydrogens is 296 g/mol.